The maximum absolute atomic E-state index is 13.6. The van der Waals surface area contributed by atoms with Gasteiger partial charge in [-0.2, -0.15) is 15.0 Å². The largest absolute Gasteiger partial charge is 0.350 e. The van der Waals surface area contributed by atoms with Crippen LogP contribution < -0.4 is 15.5 Å². The van der Waals surface area contributed by atoms with Crippen molar-refractivity contribution in [3.8, 4) is 0 Å². The first kappa shape index (κ1) is 23.7. The Balaban J connectivity index is 0.00000289. The van der Waals surface area contributed by atoms with Crippen LogP contribution in [0.2, 0.25) is 0 Å². The van der Waals surface area contributed by atoms with Crippen LogP contribution >= 0.6 is 12.4 Å². The van der Waals surface area contributed by atoms with Crippen LogP contribution in [0.25, 0.3) is 0 Å². The molecule has 170 valence electrons. The average Bonchev–Trinajstić information content (AvgIpc) is 3.05. The van der Waals surface area contributed by atoms with Crippen molar-refractivity contribution >= 4 is 35.9 Å². The van der Waals surface area contributed by atoms with Crippen LogP contribution in [0.1, 0.15) is 36.8 Å². The van der Waals surface area contributed by atoms with Crippen LogP contribution in [-0.2, 0) is 6.54 Å². The summed E-state index contributed by atoms with van der Waals surface area (Å²) in [4.78, 5) is 15.8. The highest BCUT2D eigenvalue weighted by atomic mass is 35.5. The van der Waals surface area contributed by atoms with Gasteiger partial charge in [-0.15, -0.1) is 12.4 Å². The second-order valence-corrected chi connectivity index (χ2v) is 7.78. The number of nitrogens with one attached hydrogen (secondary N) is 2. The van der Waals surface area contributed by atoms with Crippen molar-refractivity contribution in [2.75, 3.05) is 28.6 Å². The fraction of sp³-hybridized carbons (Fsp3) is 0.348. The number of rotatable bonds is 6. The SMILES string of the molecule is Cc1cccc(CNc2nc(Nc3ccc(F)c(F)c3)nc(N3CCCCCC3)n2)c1.Cl. The highest BCUT2D eigenvalue weighted by Crippen LogP contribution is 2.22. The Hall–Kier alpha value is -3.00. The van der Waals surface area contributed by atoms with Crippen molar-refractivity contribution < 1.29 is 8.78 Å². The van der Waals surface area contributed by atoms with Crippen LogP contribution in [0.3, 0.4) is 0 Å². The third-order valence-corrected chi connectivity index (χ3v) is 5.22. The normalized spacial score (nSPS) is 13.8. The van der Waals surface area contributed by atoms with Gasteiger partial charge in [0.05, 0.1) is 0 Å². The van der Waals surface area contributed by atoms with Gasteiger partial charge in [-0.1, -0.05) is 42.7 Å². The van der Waals surface area contributed by atoms with E-state index in [1.807, 2.05) is 25.1 Å². The van der Waals surface area contributed by atoms with E-state index in [4.69, 9.17) is 0 Å². The summed E-state index contributed by atoms with van der Waals surface area (Å²) in [6.07, 6.45) is 4.56. The Labute approximate surface area is 192 Å². The van der Waals surface area contributed by atoms with Gasteiger partial charge in [-0.25, -0.2) is 8.78 Å². The minimum atomic E-state index is -0.926. The summed E-state index contributed by atoms with van der Waals surface area (Å²) in [7, 11) is 0. The molecule has 0 atom stereocenters. The number of halogens is 3. The molecule has 2 heterocycles. The molecule has 1 aromatic heterocycles. The fourth-order valence-electron chi connectivity index (χ4n) is 3.62. The lowest BCUT2D eigenvalue weighted by atomic mass is 10.1. The molecular weight excluding hydrogens is 434 g/mol. The van der Waals surface area contributed by atoms with Crippen molar-refractivity contribution in [1.29, 1.82) is 0 Å². The Morgan fingerprint density at radius 1 is 0.875 bits per heavy atom. The van der Waals surface area contributed by atoms with Gasteiger partial charge < -0.3 is 15.5 Å². The maximum Gasteiger partial charge on any atom is 0.233 e. The number of hydrogen-bond donors (Lipinski definition) is 2. The standard InChI is InChI=1S/C23H26F2N6.ClH/c1-16-7-6-8-17(13-16)15-26-21-28-22(27-18-9-10-19(24)20(25)14-18)30-23(29-21)31-11-4-2-3-5-12-31;/h6-10,13-14H,2-5,11-12,15H2,1H3,(H2,26,27,28,29,30);1H. The van der Waals surface area contributed by atoms with Crippen LogP contribution in [0, 0.1) is 18.6 Å². The van der Waals surface area contributed by atoms with Gasteiger partial charge in [0.1, 0.15) is 0 Å². The molecule has 0 radical (unpaired) electrons. The second-order valence-electron chi connectivity index (χ2n) is 7.78. The molecule has 32 heavy (non-hydrogen) atoms. The summed E-state index contributed by atoms with van der Waals surface area (Å²) in [6.45, 7) is 4.38. The molecule has 1 aliphatic rings. The first-order chi connectivity index (χ1) is 15.1. The van der Waals surface area contributed by atoms with E-state index in [1.165, 1.54) is 24.5 Å². The molecule has 0 aliphatic carbocycles. The van der Waals surface area contributed by atoms with Gasteiger partial charge in [0, 0.05) is 31.4 Å². The smallest absolute Gasteiger partial charge is 0.233 e. The summed E-state index contributed by atoms with van der Waals surface area (Å²) >= 11 is 0. The van der Waals surface area contributed by atoms with E-state index in [9.17, 15) is 8.78 Å². The number of hydrogen-bond acceptors (Lipinski definition) is 6. The van der Waals surface area contributed by atoms with Crippen LogP contribution in [0.5, 0.6) is 0 Å². The van der Waals surface area contributed by atoms with E-state index >= 15 is 0 Å². The van der Waals surface area contributed by atoms with E-state index in [0.29, 0.717) is 24.1 Å². The van der Waals surface area contributed by atoms with E-state index < -0.39 is 11.6 Å². The van der Waals surface area contributed by atoms with E-state index in [1.54, 1.807) is 0 Å². The molecule has 3 aromatic rings. The third kappa shape index (κ3) is 6.26. The monoisotopic (exact) mass is 460 g/mol. The Kier molecular flexibility index (Phi) is 8.16. The molecule has 1 fully saturated rings. The minimum Gasteiger partial charge on any atom is -0.350 e. The number of benzene rings is 2. The van der Waals surface area contributed by atoms with Crippen molar-refractivity contribution in [2.24, 2.45) is 0 Å². The molecule has 4 rings (SSSR count). The molecule has 9 heteroatoms. The molecule has 0 bridgehead atoms. The van der Waals surface area contributed by atoms with E-state index in [0.717, 1.165) is 43.6 Å². The molecule has 0 unspecified atom stereocenters. The predicted molar refractivity (Wildman–Crippen MR) is 126 cm³/mol. The lowest BCUT2D eigenvalue weighted by Crippen LogP contribution is -2.27. The van der Waals surface area contributed by atoms with Crippen LogP contribution in [-0.4, -0.2) is 28.0 Å². The van der Waals surface area contributed by atoms with Gasteiger partial charge in [0.25, 0.3) is 0 Å². The molecule has 1 aliphatic heterocycles. The maximum atomic E-state index is 13.6. The summed E-state index contributed by atoms with van der Waals surface area (Å²) in [5, 5.41) is 6.25. The lowest BCUT2D eigenvalue weighted by molar-refractivity contribution is 0.509. The fourth-order valence-corrected chi connectivity index (χ4v) is 3.62. The molecule has 1 saturated heterocycles. The molecule has 0 amide bonds. The zero-order chi connectivity index (χ0) is 21.6. The zero-order valence-electron chi connectivity index (χ0n) is 17.9. The van der Waals surface area contributed by atoms with Crippen molar-refractivity contribution in [3.05, 3.63) is 65.2 Å². The van der Waals surface area contributed by atoms with E-state index in [2.05, 4.69) is 36.6 Å². The van der Waals surface area contributed by atoms with Gasteiger partial charge in [-0.3, -0.25) is 0 Å². The van der Waals surface area contributed by atoms with Crippen molar-refractivity contribution in [3.63, 3.8) is 0 Å². The minimum absolute atomic E-state index is 0. The molecule has 2 aromatic carbocycles. The van der Waals surface area contributed by atoms with Crippen molar-refractivity contribution in [1.82, 2.24) is 15.0 Å². The second kappa shape index (κ2) is 11.0. The van der Waals surface area contributed by atoms with Gasteiger partial charge in [0.15, 0.2) is 11.6 Å². The number of nitrogens with zero attached hydrogens (tertiary/aromatic N) is 4. The van der Waals surface area contributed by atoms with Crippen LogP contribution in [0.15, 0.2) is 42.5 Å². The molecule has 2 N–H and O–H groups in total. The number of aryl methyl sites for hydroxylation is 1. The van der Waals surface area contributed by atoms with E-state index in [-0.39, 0.29) is 18.4 Å². The third-order valence-electron chi connectivity index (χ3n) is 5.22. The number of anilines is 4. The Morgan fingerprint density at radius 3 is 2.34 bits per heavy atom. The highest BCUT2D eigenvalue weighted by molar-refractivity contribution is 5.85. The quantitative estimate of drug-likeness (QED) is 0.498. The number of aromatic nitrogens is 3. The summed E-state index contributed by atoms with van der Waals surface area (Å²) < 4.78 is 26.9. The summed E-state index contributed by atoms with van der Waals surface area (Å²) in [6, 6.07) is 11.8. The topological polar surface area (TPSA) is 66.0 Å². The van der Waals surface area contributed by atoms with Gasteiger partial charge in [-0.05, 0) is 37.5 Å². The van der Waals surface area contributed by atoms with Gasteiger partial charge in [0.2, 0.25) is 17.8 Å². The molecular formula is C23H27ClF2N6. The first-order valence-corrected chi connectivity index (χ1v) is 10.6. The van der Waals surface area contributed by atoms with Gasteiger partial charge >= 0.3 is 0 Å². The molecule has 6 nitrogen and oxygen atoms in total. The first-order valence-electron chi connectivity index (χ1n) is 10.6. The molecule has 0 saturated carbocycles. The highest BCUT2D eigenvalue weighted by Gasteiger charge is 2.16. The summed E-state index contributed by atoms with van der Waals surface area (Å²) in [5.41, 5.74) is 2.67. The summed E-state index contributed by atoms with van der Waals surface area (Å²) in [5.74, 6) is -0.530. The molecule has 0 spiro atoms. The average molecular weight is 461 g/mol. The predicted octanol–water partition coefficient (Wildman–Crippen LogP) is 5.62. The zero-order valence-corrected chi connectivity index (χ0v) is 18.8. The van der Waals surface area contributed by atoms with Crippen LogP contribution in [0.4, 0.5) is 32.3 Å². The lowest BCUT2D eigenvalue weighted by Gasteiger charge is -2.21. The Morgan fingerprint density at radius 2 is 1.62 bits per heavy atom. The van der Waals surface area contributed by atoms with Crippen molar-refractivity contribution in [2.45, 2.75) is 39.2 Å². The Bertz CT molecular complexity index is 1040.